The van der Waals surface area contributed by atoms with Crippen molar-refractivity contribution in [2.24, 2.45) is 0 Å². The summed E-state index contributed by atoms with van der Waals surface area (Å²) in [5, 5.41) is 3.35. The average Bonchev–Trinajstić information content (AvgIpc) is 2.38. The first kappa shape index (κ1) is 9.97. The van der Waals surface area contributed by atoms with Crippen LogP contribution in [0.15, 0.2) is 42.5 Å². The number of aromatic nitrogens is 1. The fraction of sp³-hybridized carbons (Fsp3) is 0.0667. The van der Waals surface area contributed by atoms with Crippen LogP contribution in [0.1, 0.15) is 16.1 Å². The Morgan fingerprint density at radius 1 is 1.06 bits per heavy atom. The summed E-state index contributed by atoms with van der Waals surface area (Å²) in [5.74, 6) is 0. The maximum Gasteiger partial charge on any atom is 0.168 e. The molecule has 0 atom stereocenters. The summed E-state index contributed by atoms with van der Waals surface area (Å²) < 4.78 is 0. The van der Waals surface area contributed by atoms with E-state index in [0.29, 0.717) is 5.69 Å². The first-order chi connectivity index (χ1) is 8.29. The zero-order valence-corrected chi connectivity index (χ0v) is 9.47. The molecule has 0 unspecified atom stereocenters. The number of aldehydes is 1. The molecule has 2 aromatic carbocycles. The molecule has 0 radical (unpaired) electrons. The monoisotopic (exact) mass is 221 g/mol. The largest absolute Gasteiger partial charge is 0.296 e. The minimum absolute atomic E-state index is 0.492. The molecule has 0 aliphatic heterocycles. The van der Waals surface area contributed by atoms with E-state index >= 15 is 0 Å². The lowest BCUT2D eigenvalue weighted by atomic mass is 10.0. The second-order valence-electron chi connectivity index (χ2n) is 4.16. The van der Waals surface area contributed by atoms with E-state index < -0.39 is 0 Å². The highest BCUT2D eigenvalue weighted by molar-refractivity contribution is 6.06. The Kier molecular flexibility index (Phi) is 2.15. The number of benzene rings is 2. The molecule has 3 aromatic rings. The number of carbonyl (C=O) groups excluding carboxylic acids is 1. The highest BCUT2D eigenvalue weighted by Gasteiger charge is 2.05. The average molecular weight is 221 g/mol. The fourth-order valence-corrected chi connectivity index (χ4v) is 2.22. The molecular formula is C15H11NO. The van der Waals surface area contributed by atoms with Crippen LogP contribution in [0.2, 0.25) is 0 Å². The topological polar surface area (TPSA) is 30.0 Å². The smallest absolute Gasteiger partial charge is 0.168 e. The van der Waals surface area contributed by atoms with Gasteiger partial charge in [0.25, 0.3) is 0 Å². The van der Waals surface area contributed by atoms with Gasteiger partial charge in [-0.3, -0.25) is 4.79 Å². The van der Waals surface area contributed by atoms with Crippen molar-refractivity contribution in [3.63, 3.8) is 0 Å². The van der Waals surface area contributed by atoms with E-state index in [0.717, 1.165) is 33.5 Å². The third-order valence-corrected chi connectivity index (χ3v) is 3.05. The highest BCUT2D eigenvalue weighted by atomic mass is 16.1. The lowest BCUT2D eigenvalue weighted by Gasteiger charge is -2.06. The van der Waals surface area contributed by atoms with Gasteiger partial charge < -0.3 is 0 Å². The summed E-state index contributed by atoms with van der Waals surface area (Å²) in [5.41, 5.74) is 2.49. The molecule has 2 heteroatoms. The first-order valence-corrected chi connectivity index (χ1v) is 5.54. The lowest BCUT2D eigenvalue weighted by molar-refractivity contribution is 0.111. The number of hydrogen-bond donors (Lipinski definition) is 0. The molecule has 82 valence electrons. The van der Waals surface area contributed by atoms with Crippen molar-refractivity contribution in [1.82, 2.24) is 4.98 Å². The van der Waals surface area contributed by atoms with Crippen LogP contribution in [0.3, 0.4) is 0 Å². The second-order valence-corrected chi connectivity index (χ2v) is 4.16. The normalized spacial score (nSPS) is 10.9. The molecule has 17 heavy (non-hydrogen) atoms. The Hall–Kier alpha value is -2.22. The minimum Gasteiger partial charge on any atom is -0.296 e. The number of aryl methyl sites for hydroxylation is 1. The zero-order valence-electron chi connectivity index (χ0n) is 9.47. The lowest BCUT2D eigenvalue weighted by Crippen LogP contribution is -1.91. The standard InChI is InChI=1S/C15H11NO/c1-10-8-12(9-17)16-15-13(10)7-6-11-4-2-3-5-14(11)15/h2-9H,1H3. The molecule has 1 heterocycles. The van der Waals surface area contributed by atoms with E-state index in [2.05, 4.69) is 23.2 Å². The van der Waals surface area contributed by atoms with Gasteiger partial charge in [-0.2, -0.15) is 0 Å². The molecule has 0 spiro atoms. The van der Waals surface area contributed by atoms with Crippen molar-refractivity contribution in [1.29, 1.82) is 0 Å². The van der Waals surface area contributed by atoms with Crippen LogP contribution in [0.25, 0.3) is 21.7 Å². The van der Waals surface area contributed by atoms with Crippen LogP contribution >= 0.6 is 0 Å². The minimum atomic E-state index is 0.492. The molecule has 3 rings (SSSR count). The van der Waals surface area contributed by atoms with Crippen LogP contribution < -0.4 is 0 Å². The predicted octanol–water partition coefficient (Wildman–Crippen LogP) is 3.51. The summed E-state index contributed by atoms with van der Waals surface area (Å²) in [6.07, 6.45) is 0.800. The van der Waals surface area contributed by atoms with Crippen LogP contribution in [-0.2, 0) is 0 Å². The Morgan fingerprint density at radius 2 is 1.88 bits per heavy atom. The van der Waals surface area contributed by atoms with Gasteiger partial charge in [-0.25, -0.2) is 4.98 Å². The molecule has 1 aromatic heterocycles. The fourth-order valence-electron chi connectivity index (χ4n) is 2.22. The van der Waals surface area contributed by atoms with Crippen molar-refractivity contribution < 1.29 is 4.79 Å². The van der Waals surface area contributed by atoms with Gasteiger partial charge in [0.15, 0.2) is 6.29 Å². The second kappa shape index (κ2) is 3.67. The molecule has 2 nitrogen and oxygen atoms in total. The number of hydrogen-bond acceptors (Lipinski definition) is 2. The van der Waals surface area contributed by atoms with Crippen molar-refractivity contribution in [3.8, 4) is 0 Å². The van der Waals surface area contributed by atoms with Crippen LogP contribution in [0, 0.1) is 6.92 Å². The number of rotatable bonds is 1. The SMILES string of the molecule is Cc1cc(C=O)nc2c1ccc1ccccc12. The molecule has 0 bridgehead atoms. The van der Waals surface area contributed by atoms with Gasteiger partial charge in [-0.05, 0) is 23.9 Å². The summed E-state index contributed by atoms with van der Waals surface area (Å²) in [6.45, 7) is 2.01. The van der Waals surface area contributed by atoms with Crippen molar-refractivity contribution in [2.75, 3.05) is 0 Å². The van der Waals surface area contributed by atoms with E-state index in [-0.39, 0.29) is 0 Å². The Balaban J connectivity index is 2.56. The Morgan fingerprint density at radius 3 is 2.71 bits per heavy atom. The number of nitrogens with zero attached hydrogens (tertiary/aromatic N) is 1. The van der Waals surface area contributed by atoms with E-state index in [9.17, 15) is 4.79 Å². The van der Waals surface area contributed by atoms with Crippen LogP contribution in [0.4, 0.5) is 0 Å². The van der Waals surface area contributed by atoms with E-state index in [1.54, 1.807) is 0 Å². The van der Waals surface area contributed by atoms with Gasteiger partial charge in [0.05, 0.1) is 5.52 Å². The molecule has 0 N–H and O–H groups in total. The number of pyridine rings is 1. The van der Waals surface area contributed by atoms with Gasteiger partial charge in [-0.15, -0.1) is 0 Å². The molecule has 0 fully saturated rings. The van der Waals surface area contributed by atoms with Crippen molar-refractivity contribution in [3.05, 3.63) is 53.7 Å². The summed E-state index contributed by atoms with van der Waals surface area (Å²) in [4.78, 5) is 15.3. The molecule has 0 saturated heterocycles. The quantitative estimate of drug-likeness (QED) is 0.465. The predicted molar refractivity (Wildman–Crippen MR) is 69.4 cm³/mol. The van der Waals surface area contributed by atoms with Crippen molar-refractivity contribution in [2.45, 2.75) is 6.92 Å². The molecular weight excluding hydrogens is 210 g/mol. The first-order valence-electron chi connectivity index (χ1n) is 5.54. The maximum atomic E-state index is 10.9. The zero-order chi connectivity index (χ0) is 11.8. The highest BCUT2D eigenvalue weighted by Crippen LogP contribution is 2.26. The van der Waals surface area contributed by atoms with E-state index in [1.807, 2.05) is 31.2 Å². The summed E-state index contributed by atoms with van der Waals surface area (Å²) >= 11 is 0. The van der Waals surface area contributed by atoms with Gasteiger partial charge in [0, 0.05) is 10.8 Å². The molecule has 0 saturated carbocycles. The van der Waals surface area contributed by atoms with E-state index in [1.165, 1.54) is 0 Å². The third kappa shape index (κ3) is 1.49. The van der Waals surface area contributed by atoms with Crippen LogP contribution in [-0.4, -0.2) is 11.3 Å². The number of carbonyl (C=O) groups is 1. The van der Waals surface area contributed by atoms with Crippen LogP contribution in [0.5, 0.6) is 0 Å². The summed E-state index contributed by atoms with van der Waals surface area (Å²) in [6, 6.07) is 14.1. The van der Waals surface area contributed by atoms with E-state index in [4.69, 9.17) is 0 Å². The Bertz CT molecular complexity index is 731. The summed E-state index contributed by atoms with van der Waals surface area (Å²) in [7, 11) is 0. The van der Waals surface area contributed by atoms with Gasteiger partial charge in [0.2, 0.25) is 0 Å². The molecule has 0 aliphatic carbocycles. The van der Waals surface area contributed by atoms with Crippen molar-refractivity contribution >= 4 is 28.0 Å². The number of fused-ring (bicyclic) bond motifs is 3. The molecule has 0 aliphatic rings. The van der Waals surface area contributed by atoms with Gasteiger partial charge in [0.1, 0.15) is 5.69 Å². The van der Waals surface area contributed by atoms with Gasteiger partial charge in [-0.1, -0.05) is 36.4 Å². The third-order valence-electron chi connectivity index (χ3n) is 3.05. The maximum absolute atomic E-state index is 10.9. The van der Waals surface area contributed by atoms with Gasteiger partial charge >= 0.3 is 0 Å². The molecule has 0 amide bonds. The Labute approximate surface area is 98.9 Å².